The maximum atomic E-state index is 2.40. The van der Waals surface area contributed by atoms with Gasteiger partial charge in [-0.1, -0.05) is 133 Å². The van der Waals surface area contributed by atoms with Gasteiger partial charge in [0.2, 0.25) is 0 Å². The fourth-order valence-corrected chi connectivity index (χ4v) is 10.5. The number of aromatic nitrogens is 1. The Bertz CT molecular complexity index is 3550. The molecule has 0 aliphatic rings. The molecule has 0 saturated carbocycles. The van der Waals surface area contributed by atoms with E-state index >= 15 is 0 Å². The van der Waals surface area contributed by atoms with E-state index in [0.29, 0.717) is 0 Å². The van der Waals surface area contributed by atoms with Crippen LogP contribution in [0.1, 0.15) is 0 Å². The Morgan fingerprint density at radius 1 is 0.317 bits per heavy atom. The first-order valence-electron chi connectivity index (χ1n) is 20.4. The molecule has 12 aromatic rings. The summed E-state index contributed by atoms with van der Waals surface area (Å²) in [5.74, 6) is 0. The first-order chi connectivity index (χ1) is 29.8. The Hall–Kier alpha value is -7.66. The smallest absolute Gasteiger partial charge is 0.0561 e. The van der Waals surface area contributed by atoms with Crippen molar-refractivity contribution in [3.05, 3.63) is 224 Å². The monoisotopic (exact) mass is 783 g/mol. The summed E-state index contributed by atoms with van der Waals surface area (Å²) in [4.78, 5) is 4.78. The highest BCUT2D eigenvalue weighted by molar-refractivity contribution is 7.26. The lowest BCUT2D eigenvalue weighted by molar-refractivity contribution is 1.18. The van der Waals surface area contributed by atoms with Crippen LogP contribution in [0.15, 0.2) is 224 Å². The molecule has 0 aliphatic heterocycles. The van der Waals surface area contributed by atoms with Crippen LogP contribution >= 0.6 is 11.3 Å². The quantitative estimate of drug-likeness (QED) is 0.149. The Morgan fingerprint density at radius 3 is 1.58 bits per heavy atom. The molecule has 2 aromatic heterocycles. The zero-order chi connectivity index (χ0) is 39.6. The second-order valence-electron chi connectivity index (χ2n) is 15.4. The van der Waals surface area contributed by atoms with E-state index < -0.39 is 0 Å². The van der Waals surface area contributed by atoms with Crippen molar-refractivity contribution in [2.24, 2.45) is 0 Å². The van der Waals surface area contributed by atoms with Gasteiger partial charge in [0.05, 0.1) is 11.0 Å². The van der Waals surface area contributed by atoms with Crippen LogP contribution in [0.2, 0.25) is 0 Å². The summed E-state index contributed by atoms with van der Waals surface area (Å²) in [6.07, 6.45) is 0. The fourth-order valence-electron chi connectivity index (χ4n) is 9.22. The third kappa shape index (κ3) is 5.57. The number of thiophene rings is 1. The fraction of sp³-hybridized carbons (Fsp3) is 0. The Labute approximate surface area is 351 Å². The molecule has 0 aliphatic carbocycles. The maximum absolute atomic E-state index is 2.40. The van der Waals surface area contributed by atoms with E-state index in [2.05, 4.69) is 239 Å². The molecule has 0 fully saturated rings. The van der Waals surface area contributed by atoms with E-state index in [4.69, 9.17) is 0 Å². The van der Waals surface area contributed by atoms with Gasteiger partial charge in [-0.25, -0.2) is 0 Å². The SMILES string of the molecule is c1ccc(N(c2cccc(N(c3ccccc3)c3ccc4c5ccccc5n(-c5ccccc5)c4c3)c2)c2ccc3ccc4ccc5c6ccccc6sc5c4c3c2)cc1. The van der Waals surface area contributed by atoms with Crippen molar-refractivity contribution in [3.63, 3.8) is 0 Å². The number of hydrogen-bond acceptors (Lipinski definition) is 3. The molecule has 60 heavy (non-hydrogen) atoms. The molecule has 0 bridgehead atoms. The second-order valence-corrected chi connectivity index (χ2v) is 16.4. The molecule has 0 saturated heterocycles. The van der Waals surface area contributed by atoms with Gasteiger partial charge in [-0.05, 0) is 107 Å². The van der Waals surface area contributed by atoms with Crippen molar-refractivity contribution in [2.45, 2.75) is 0 Å². The number of nitrogens with zero attached hydrogens (tertiary/aromatic N) is 3. The summed E-state index contributed by atoms with van der Waals surface area (Å²) in [6, 6.07) is 81.6. The van der Waals surface area contributed by atoms with Crippen LogP contribution in [0.25, 0.3) is 69.2 Å². The van der Waals surface area contributed by atoms with Crippen molar-refractivity contribution in [2.75, 3.05) is 9.80 Å². The molecule has 0 atom stereocenters. The third-order valence-electron chi connectivity index (χ3n) is 11.9. The largest absolute Gasteiger partial charge is 0.310 e. The molecule has 0 amide bonds. The summed E-state index contributed by atoms with van der Waals surface area (Å²) >= 11 is 1.89. The zero-order valence-corrected chi connectivity index (χ0v) is 33.4. The standard InChI is InChI=1S/C56H37N3S/c1-4-15-40(16-5-1)57(45-31-29-38-27-28-39-30-33-50-49-24-11-13-26-54(49)60-56(50)55(39)51(38)36-45)43-21-14-22-44(35-43)58(41-17-6-2-7-18-41)46-32-34-48-47-23-10-12-25-52(47)59(53(48)37-46)42-19-8-3-9-20-42/h1-37H. The molecule has 2 heterocycles. The van der Waals surface area contributed by atoms with Gasteiger partial charge in [0.15, 0.2) is 0 Å². The highest BCUT2D eigenvalue weighted by atomic mass is 32.1. The third-order valence-corrected chi connectivity index (χ3v) is 13.1. The molecule has 0 unspecified atom stereocenters. The zero-order valence-electron chi connectivity index (χ0n) is 32.6. The molecular formula is C56H37N3S. The van der Waals surface area contributed by atoms with E-state index in [1.165, 1.54) is 63.5 Å². The topological polar surface area (TPSA) is 11.4 Å². The summed E-state index contributed by atoms with van der Waals surface area (Å²) in [6.45, 7) is 0. The number of hydrogen-bond donors (Lipinski definition) is 0. The average Bonchev–Trinajstić information content (AvgIpc) is 3.86. The van der Waals surface area contributed by atoms with E-state index in [-0.39, 0.29) is 0 Å². The van der Waals surface area contributed by atoms with Gasteiger partial charge in [0.25, 0.3) is 0 Å². The van der Waals surface area contributed by atoms with Gasteiger partial charge in [0.1, 0.15) is 0 Å². The minimum Gasteiger partial charge on any atom is -0.310 e. The number of para-hydroxylation sites is 4. The van der Waals surface area contributed by atoms with Gasteiger partial charge >= 0.3 is 0 Å². The molecule has 0 radical (unpaired) electrons. The molecule has 3 nitrogen and oxygen atoms in total. The molecule has 282 valence electrons. The van der Waals surface area contributed by atoms with E-state index in [0.717, 1.165) is 39.8 Å². The van der Waals surface area contributed by atoms with Gasteiger partial charge in [-0.2, -0.15) is 0 Å². The number of rotatable bonds is 7. The number of benzene rings is 10. The minimum atomic E-state index is 1.07. The van der Waals surface area contributed by atoms with Crippen LogP contribution in [0.3, 0.4) is 0 Å². The van der Waals surface area contributed by atoms with Crippen LogP contribution < -0.4 is 9.80 Å². The van der Waals surface area contributed by atoms with E-state index in [1.807, 2.05) is 11.3 Å². The number of anilines is 6. The molecule has 12 rings (SSSR count). The Kier molecular flexibility index (Phi) is 8.03. The molecule has 4 heteroatoms. The predicted molar refractivity (Wildman–Crippen MR) is 258 cm³/mol. The lowest BCUT2D eigenvalue weighted by Gasteiger charge is -2.29. The van der Waals surface area contributed by atoms with Crippen molar-refractivity contribution in [1.82, 2.24) is 4.57 Å². The van der Waals surface area contributed by atoms with Crippen LogP contribution in [-0.4, -0.2) is 4.57 Å². The summed E-state index contributed by atoms with van der Waals surface area (Å²) < 4.78 is 5.05. The van der Waals surface area contributed by atoms with Crippen molar-refractivity contribution in [1.29, 1.82) is 0 Å². The Balaban J connectivity index is 1.05. The van der Waals surface area contributed by atoms with Gasteiger partial charge in [0, 0.05) is 76.1 Å². The van der Waals surface area contributed by atoms with Crippen molar-refractivity contribution < 1.29 is 0 Å². The maximum Gasteiger partial charge on any atom is 0.0561 e. The van der Waals surface area contributed by atoms with Gasteiger partial charge < -0.3 is 14.4 Å². The van der Waals surface area contributed by atoms with Crippen molar-refractivity contribution >= 4 is 109 Å². The summed E-state index contributed by atoms with van der Waals surface area (Å²) in [5.41, 5.74) is 10.0. The normalized spacial score (nSPS) is 11.7. The molecule has 10 aromatic carbocycles. The average molecular weight is 784 g/mol. The summed E-state index contributed by atoms with van der Waals surface area (Å²) in [5, 5.41) is 10.2. The van der Waals surface area contributed by atoms with Crippen LogP contribution in [0.4, 0.5) is 34.1 Å². The van der Waals surface area contributed by atoms with Crippen LogP contribution in [0, 0.1) is 0 Å². The van der Waals surface area contributed by atoms with Crippen molar-refractivity contribution in [3.8, 4) is 5.69 Å². The molecule has 0 spiro atoms. The Morgan fingerprint density at radius 2 is 0.833 bits per heavy atom. The first-order valence-corrected chi connectivity index (χ1v) is 21.2. The lowest BCUT2D eigenvalue weighted by Crippen LogP contribution is -2.13. The second kappa shape index (κ2) is 14.0. The first kappa shape index (κ1) is 34.4. The van der Waals surface area contributed by atoms with E-state index in [9.17, 15) is 0 Å². The minimum absolute atomic E-state index is 1.07. The molecule has 0 N–H and O–H groups in total. The van der Waals surface area contributed by atoms with Crippen LogP contribution in [-0.2, 0) is 0 Å². The highest BCUT2D eigenvalue weighted by Crippen LogP contribution is 2.45. The highest BCUT2D eigenvalue weighted by Gasteiger charge is 2.20. The van der Waals surface area contributed by atoms with E-state index in [1.54, 1.807) is 0 Å². The van der Waals surface area contributed by atoms with Crippen LogP contribution in [0.5, 0.6) is 0 Å². The predicted octanol–water partition coefficient (Wildman–Crippen LogP) is 16.4. The lowest BCUT2D eigenvalue weighted by atomic mass is 9.99. The molecular weight excluding hydrogens is 747 g/mol. The van der Waals surface area contributed by atoms with Gasteiger partial charge in [-0.3, -0.25) is 0 Å². The van der Waals surface area contributed by atoms with Gasteiger partial charge in [-0.15, -0.1) is 11.3 Å². The summed E-state index contributed by atoms with van der Waals surface area (Å²) in [7, 11) is 0. The number of fused-ring (bicyclic) bond motifs is 10.